The lowest BCUT2D eigenvalue weighted by Crippen LogP contribution is -2.29. The van der Waals surface area contributed by atoms with Gasteiger partial charge in [-0.05, 0) is 80.3 Å². The number of benzene rings is 1. The molecule has 0 amide bonds. The minimum Gasteiger partial charge on any atom is -0.370 e. The molecule has 26 heavy (non-hydrogen) atoms. The normalized spacial score (nSPS) is 17.6. The summed E-state index contributed by atoms with van der Waals surface area (Å²) in [5.74, 6) is 0.364. The molecule has 0 unspecified atom stereocenters. The third-order valence-electron chi connectivity index (χ3n) is 5.34. The van der Waals surface area contributed by atoms with E-state index >= 15 is 0 Å². The average Bonchev–Trinajstić information content (AvgIpc) is 2.68. The first-order valence-corrected chi connectivity index (χ1v) is 11.0. The monoisotopic (exact) mass is 371 g/mol. The number of hydrogen-bond acceptors (Lipinski definition) is 4. The molecule has 0 radical (unpaired) electrons. The van der Waals surface area contributed by atoms with Crippen LogP contribution in [0.5, 0.6) is 0 Å². The Morgan fingerprint density at radius 2 is 1.65 bits per heavy atom. The van der Waals surface area contributed by atoms with Crippen molar-refractivity contribution in [3.8, 4) is 0 Å². The van der Waals surface area contributed by atoms with E-state index in [0.717, 1.165) is 43.6 Å². The SMILES string of the molecule is O=S(=O)(Nc1ccc(N2CCCCC2)cn1)c1ccc2c(c1)CCCC2. The van der Waals surface area contributed by atoms with Gasteiger partial charge in [-0.25, -0.2) is 13.4 Å². The van der Waals surface area contributed by atoms with Crippen molar-refractivity contribution in [1.29, 1.82) is 0 Å². The van der Waals surface area contributed by atoms with Crippen LogP contribution < -0.4 is 9.62 Å². The van der Waals surface area contributed by atoms with Crippen molar-refractivity contribution in [1.82, 2.24) is 4.98 Å². The van der Waals surface area contributed by atoms with E-state index in [1.165, 1.54) is 31.2 Å². The molecule has 2 aliphatic rings. The third-order valence-corrected chi connectivity index (χ3v) is 6.69. The van der Waals surface area contributed by atoms with Gasteiger partial charge in [-0.3, -0.25) is 4.72 Å². The first kappa shape index (κ1) is 17.3. The number of pyridine rings is 1. The number of hydrogen-bond donors (Lipinski definition) is 1. The molecule has 1 N–H and O–H groups in total. The largest absolute Gasteiger partial charge is 0.370 e. The van der Waals surface area contributed by atoms with Gasteiger partial charge in [0.2, 0.25) is 0 Å². The molecule has 2 heterocycles. The van der Waals surface area contributed by atoms with E-state index in [9.17, 15) is 8.42 Å². The Morgan fingerprint density at radius 1 is 0.885 bits per heavy atom. The fourth-order valence-electron chi connectivity index (χ4n) is 3.86. The Balaban J connectivity index is 1.50. The first-order valence-electron chi connectivity index (χ1n) is 9.47. The molecule has 0 bridgehead atoms. The summed E-state index contributed by atoms with van der Waals surface area (Å²) in [4.78, 5) is 6.94. The average molecular weight is 372 g/mol. The maximum atomic E-state index is 12.7. The molecule has 1 aromatic carbocycles. The van der Waals surface area contributed by atoms with Crippen LogP contribution >= 0.6 is 0 Å². The van der Waals surface area contributed by atoms with Gasteiger partial charge in [-0.15, -0.1) is 0 Å². The predicted octanol–water partition coefficient (Wildman–Crippen LogP) is 3.75. The predicted molar refractivity (Wildman–Crippen MR) is 104 cm³/mol. The highest BCUT2D eigenvalue weighted by molar-refractivity contribution is 7.92. The molecule has 4 rings (SSSR count). The molecule has 1 aliphatic carbocycles. The summed E-state index contributed by atoms with van der Waals surface area (Å²) in [5, 5.41) is 0. The molecule has 0 saturated carbocycles. The van der Waals surface area contributed by atoms with E-state index in [4.69, 9.17) is 0 Å². The number of nitrogens with one attached hydrogen (secondary N) is 1. The highest BCUT2D eigenvalue weighted by Gasteiger charge is 2.19. The van der Waals surface area contributed by atoms with Crippen LogP contribution in [0.15, 0.2) is 41.4 Å². The molecule has 1 saturated heterocycles. The molecule has 1 aromatic heterocycles. The van der Waals surface area contributed by atoms with Gasteiger partial charge in [0.25, 0.3) is 10.0 Å². The standard InChI is InChI=1S/C20H25N3O2S/c24-26(25,19-10-8-16-6-2-3-7-17(16)14-19)22-20-11-9-18(15-21-20)23-12-4-1-5-13-23/h8-11,14-15H,1-7,12-13H2,(H,21,22). The molecular weight excluding hydrogens is 346 g/mol. The van der Waals surface area contributed by atoms with Crippen LogP contribution in [0.4, 0.5) is 11.5 Å². The maximum Gasteiger partial charge on any atom is 0.263 e. The fourth-order valence-corrected chi connectivity index (χ4v) is 4.92. The highest BCUT2D eigenvalue weighted by Crippen LogP contribution is 2.25. The zero-order valence-electron chi connectivity index (χ0n) is 14.9. The quantitative estimate of drug-likeness (QED) is 0.889. The number of fused-ring (bicyclic) bond motifs is 1. The Morgan fingerprint density at radius 3 is 2.38 bits per heavy atom. The van der Waals surface area contributed by atoms with Crippen LogP contribution in [-0.4, -0.2) is 26.5 Å². The van der Waals surface area contributed by atoms with Gasteiger partial charge in [0.15, 0.2) is 0 Å². The summed E-state index contributed by atoms with van der Waals surface area (Å²) in [6, 6.07) is 9.17. The van der Waals surface area contributed by atoms with Crippen LogP contribution in [0, 0.1) is 0 Å². The molecule has 1 aliphatic heterocycles. The van der Waals surface area contributed by atoms with Crippen molar-refractivity contribution < 1.29 is 8.42 Å². The van der Waals surface area contributed by atoms with Gasteiger partial charge in [-0.2, -0.15) is 0 Å². The van der Waals surface area contributed by atoms with E-state index in [2.05, 4.69) is 14.6 Å². The van der Waals surface area contributed by atoms with Crippen molar-refractivity contribution in [2.45, 2.75) is 49.8 Å². The van der Waals surface area contributed by atoms with E-state index in [-0.39, 0.29) is 0 Å². The molecule has 5 nitrogen and oxygen atoms in total. The summed E-state index contributed by atoms with van der Waals surface area (Å²) in [7, 11) is -3.61. The molecule has 0 spiro atoms. The number of rotatable bonds is 4. The van der Waals surface area contributed by atoms with Crippen LogP contribution in [0.2, 0.25) is 0 Å². The van der Waals surface area contributed by atoms with E-state index in [1.54, 1.807) is 18.3 Å². The molecule has 1 fully saturated rings. The Kier molecular flexibility index (Phi) is 4.85. The van der Waals surface area contributed by atoms with Crippen molar-refractivity contribution in [2.75, 3.05) is 22.7 Å². The zero-order chi connectivity index (χ0) is 18.0. The van der Waals surface area contributed by atoms with E-state index in [0.29, 0.717) is 10.7 Å². The summed E-state index contributed by atoms with van der Waals surface area (Å²) in [5.41, 5.74) is 3.49. The minimum atomic E-state index is -3.61. The Hall–Kier alpha value is -2.08. The van der Waals surface area contributed by atoms with E-state index in [1.807, 2.05) is 18.2 Å². The summed E-state index contributed by atoms with van der Waals surface area (Å²) in [6.07, 6.45) is 9.76. The summed E-state index contributed by atoms with van der Waals surface area (Å²) in [6.45, 7) is 2.09. The van der Waals surface area contributed by atoms with E-state index < -0.39 is 10.0 Å². The molecule has 6 heteroatoms. The van der Waals surface area contributed by atoms with Crippen LogP contribution in [0.3, 0.4) is 0 Å². The van der Waals surface area contributed by atoms with Gasteiger partial charge in [0.1, 0.15) is 5.82 Å². The van der Waals surface area contributed by atoms with Gasteiger partial charge in [0, 0.05) is 13.1 Å². The number of anilines is 2. The van der Waals surface area contributed by atoms with Crippen LogP contribution in [0.1, 0.15) is 43.2 Å². The highest BCUT2D eigenvalue weighted by atomic mass is 32.2. The van der Waals surface area contributed by atoms with Crippen LogP contribution in [0.25, 0.3) is 0 Å². The first-order chi connectivity index (χ1) is 12.6. The minimum absolute atomic E-state index is 0.319. The van der Waals surface area contributed by atoms with Crippen molar-refractivity contribution >= 4 is 21.5 Å². The summed E-state index contributed by atoms with van der Waals surface area (Å²) >= 11 is 0. The van der Waals surface area contributed by atoms with Gasteiger partial charge < -0.3 is 4.90 Å². The number of piperidine rings is 1. The van der Waals surface area contributed by atoms with Gasteiger partial charge in [-0.1, -0.05) is 6.07 Å². The second kappa shape index (κ2) is 7.27. The Labute approximate surface area is 155 Å². The lowest BCUT2D eigenvalue weighted by molar-refractivity contribution is 0.577. The number of aromatic nitrogens is 1. The number of sulfonamides is 1. The van der Waals surface area contributed by atoms with Gasteiger partial charge in [0.05, 0.1) is 16.8 Å². The number of aryl methyl sites for hydroxylation is 2. The fraction of sp³-hybridized carbons (Fsp3) is 0.450. The lowest BCUT2D eigenvalue weighted by atomic mass is 9.92. The molecule has 0 atom stereocenters. The maximum absolute atomic E-state index is 12.7. The second-order valence-electron chi connectivity index (χ2n) is 7.19. The zero-order valence-corrected chi connectivity index (χ0v) is 15.8. The van der Waals surface area contributed by atoms with Crippen LogP contribution in [-0.2, 0) is 22.9 Å². The topological polar surface area (TPSA) is 62.3 Å². The second-order valence-corrected chi connectivity index (χ2v) is 8.87. The molecule has 138 valence electrons. The van der Waals surface area contributed by atoms with Gasteiger partial charge >= 0.3 is 0 Å². The van der Waals surface area contributed by atoms with Crippen molar-refractivity contribution in [3.63, 3.8) is 0 Å². The smallest absolute Gasteiger partial charge is 0.263 e. The molecule has 2 aromatic rings. The van der Waals surface area contributed by atoms with Crippen molar-refractivity contribution in [3.05, 3.63) is 47.7 Å². The lowest BCUT2D eigenvalue weighted by Gasteiger charge is -2.28. The third kappa shape index (κ3) is 3.70. The Bertz CT molecular complexity index is 872. The number of nitrogens with zero attached hydrogens (tertiary/aromatic N) is 2. The molecular formula is C20H25N3O2S. The van der Waals surface area contributed by atoms with Crippen molar-refractivity contribution in [2.24, 2.45) is 0 Å². The summed E-state index contributed by atoms with van der Waals surface area (Å²) < 4.78 is 28.0.